The van der Waals surface area contributed by atoms with Crippen LogP contribution in [-0.2, 0) is 0 Å². The molecule has 0 amide bonds. The zero-order valence-corrected chi connectivity index (χ0v) is 10.5. The highest BCUT2D eigenvalue weighted by molar-refractivity contribution is 7.99. The van der Waals surface area contributed by atoms with E-state index in [1.807, 2.05) is 11.8 Å². The van der Waals surface area contributed by atoms with Crippen molar-refractivity contribution in [3.8, 4) is 0 Å². The van der Waals surface area contributed by atoms with E-state index in [0.717, 1.165) is 6.54 Å². The Labute approximate surface area is 97.7 Å². The van der Waals surface area contributed by atoms with Crippen molar-refractivity contribution in [2.75, 3.05) is 18.1 Å². The first-order chi connectivity index (χ1) is 7.34. The summed E-state index contributed by atoms with van der Waals surface area (Å²) in [6.45, 7) is 5.55. The van der Waals surface area contributed by atoms with Gasteiger partial charge in [0.1, 0.15) is 0 Å². The van der Waals surface area contributed by atoms with Crippen LogP contribution in [0.15, 0.2) is 30.3 Å². The molecule has 1 aromatic rings. The Kier molecular flexibility index (Phi) is 6.53. The van der Waals surface area contributed by atoms with Gasteiger partial charge in [-0.25, -0.2) is 0 Å². The lowest BCUT2D eigenvalue weighted by Gasteiger charge is -2.13. The van der Waals surface area contributed by atoms with Gasteiger partial charge in [-0.15, -0.1) is 0 Å². The van der Waals surface area contributed by atoms with Crippen LogP contribution in [0, 0.1) is 0 Å². The largest absolute Gasteiger partial charge is 0.310 e. The molecule has 0 saturated heterocycles. The third kappa shape index (κ3) is 5.24. The molecule has 0 spiro atoms. The van der Waals surface area contributed by atoms with Gasteiger partial charge < -0.3 is 5.32 Å². The van der Waals surface area contributed by atoms with E-state index in [0.29, 0.717) is 6.04 Å². The van der Waals surface area contributed by atoms with Crippen molar-refractivity contribution in [2.45, 2.75) is 26.3 Å². The van der Waals surface area contributed by atoms with E-state index in [-0.39, 0.29) is 0 Å². The third-order valence-corrected chi connectivity index (χ3v) is 3.41. The Morgan fingerprint density at radius 3 is 2.67 bits per heavy atom. The Balaban J connectivity index is 2.16. The maximum absolute atomic E-state index is 3.54. The predicted molar refractivity (Wildman–Crippen MR) is 70.5 cm³/mol. The van der Waals surface area contributed by atoms with Gasteiger partial charge in [0.05, 0.1) is 0 Å². The summed E-state index contributed by atoms with van der Waals surface area (Å²) in [5.74, 6) is 2.50. The number of rotatable bonds is 7. The van der Waals surface area contributed by atoms with Crippen molar-refractivity contribution in [3.05, 3.63) is 35.9 Å². The number of thioether (sulfide) groups is 1. The molecule has 1 N–H and O–H groups in total. The monoisotopic (exact) mass is 223 g/mol. The topological polar surface area (TPSA) is 12.0 Å². The van der Waals surface area contributed by atoms with E-state index >= 15 is 0 Å². The predicted octanol–water partition coefficient (Wildman–Crippen LogP) is 3.48. The molecule has 0 aliphatic carbocycles. The van der Waals surface area contributed by atoms with Gasteiger partial charge >= 0.3 is 0 Å². The third-order valence-electron chi connectivity index (χ3n) is 2.42. The lowest BCUT2D eigenvalue weighted by Crippen LogP contribution is -2.20. The summed E-state index contributed by atoms with van der Waals surface area (Å²) in [5, 5.41) is 3.54. The summed E-state index contributed by atoms with van der Waals surface area (Å²) in [6, 6.07) is 11.1. The van der Waals surface area contributed by atoms with Gasteiger partial charge in [0.25, 0.3) is 0 Å². The van der Waals surface area contributed by atoms with E-state index in [4.69, 9.17) is 0 Å². The van der Waals surface area contributed by atoms with Crippen molar-refractivity contribution in [1.29, 1.82) is 0 Å². The second-order valence-corrected chi connectivity index (χ2v) is 5.03. The molecule has 84 valence electrons. The van der Waals surface area contributed by atoms with Crippen LogP contribution in [0.25, 0.3) is 0 Å². The fourth-order valence-corrected chi connectivity index (χ4v) is 2.13. The minimum Gasteiger partial charge on any atom is -0.310 e. The molecule has 0 saturated carbocycles. The quantitative estimate of drug-likeness (QED) is 0.710. The van der Waals surface area contributed by atoms with E-state index in [2.05, 4.69) is 49.5 Å². The molecular formula is C13H21NS. The Bertz CT molecular complexity index is 248. The maximum Gasteiger partial charge on any atom is 0.0291 e. The van der Waals surface area contributed by atoms with E-state index < -0.39 is 0 Å². The van der Waals surface area contributed by atoms with Crippen LogP contribution < -0.4 is 5.32 Å². The summed E-state index contributed by atoms with van der Waals surface area (Å²) < 4.78 is 0. The lowest BCUT2D eigenvalue weighted by molar-refractivity contribution is 0.572. The summed E-state index contributed by atoms with van der Waals surface area (Å²) >= 11 is 2.02. The lowest BCUT2D eigenvalue weighted by atomic mass is 10.1. The molecule has 0 aliphatic rings. The Morgan fingerprint density at radius 2 is 2.00 bits per heavy atom. The van der Waals surface area contributed by atoms with Gasteiger partial charge in [-0.2, -0.15) is 11.8 Å². The summed E-state index contributed by atoms with van der Waals surface area (Å²) in [5.41, 5.74) is 1.38. The molecule has 1 aromatic carbocycles. The first-order valence-corrected chi connectivity index (χ1v) is 6.86. The molecule has 1 nitrogen and oxygen atoms in total. The molecule has 2 heteroatoms. The molecular weight excluding hydrogens is 202 g/mol. The molecule has 15 heavy (non-hydrogen) atoms. The average Bonchev–Trinajstić information content (AvgIpc) is 2.30. The number of benzene rings is 1. The van der Waals surface area contributed by atoms with Gasteiger partial charge in [0.2, 0.25) is 0 Å². The highest BCUT2D eigenvalue weighted by atomic mass is 32.2. The summed E-state index contributed by atoms with van der Waals surface area (Å²) in [6.07, 6.45) is 1.26. The number of nitrogens with one attached hydrogen (secondary N) is 1. The van der Waals surface area contributed by atoms with Gasteiger partial charge in [-0.1, -0.05) is 37.3 Å². The standard InChI is InChI=1S/C13H21NS/c1-3-15-11-7-10-14-12(2)13-8-5-4-6-9-13/h4-6,8-9,12,14H,3,7,10-11H2,1-2H3/t12-/m0/s1. The van der Waals surface area contributed by atoms with Gasteiger partial charge in [0, 0.05) is 6.04 Å². The van der Waals surface area contributed by atoms with Crippen LogP contribution in [0.5, 0.6) is 0 Å². The summed E-state index contributed by atoms with van der Waals surface area (Å²) in [4.78, 5) is 0. The Morgan fingerprint density at radius 1 is 1.27 bits per heavy atom. The molecule has 0 fully saturated rings. The van der Waals surface area contributed by atoms with Gasteiger partial charge in [-0.05, 0) is 37.0 Å². The highest BCUT2D eigenvalue weighted by Gasteiger charge is 2.02. The zero-order chi connectivity index (χ0) is 10.9. The van der Waals surface area contributed by atoms with Crippen molar-refractivity contribution < 1.29 is 0 Å². The van der Waals surface area contributed by atoms with Crippen LogP contribution in [0.3, 0.4) is 0 Å². The van der Waals surface area contributed by atoms with Crippen LogP contribution >= 0.6 is 11.8 Å². The van der Waals surface area contributed by atoms with Crippen molar-refractivity contribution in [1.82, 2.24) is 5.32 Å². The molecule has 0 radical (unpaired) electrons. The minimum absolute atomic E-state index is 0.470. The van der Waals surface area contributed by atoms with Gasteiger partial charge in [0.15, 0.2) is 0 Å². The van der Waals surface area contributed by atoms with Crippen molar-refractivity contribution >= 4 is 11.8 Å². The second-order valence-electron chi connectivity index (χ2n) is 3.64. The second kappa shape index (κ2) is 7.77. The minimum atomic E-state index is 0.470. The zero-order valence-electron chi connectivity index (χ0n) is 9.70. The fourth-order valence-electron chi connectivity index (χ4n) is 1.50. The maximum atomic E-state index is 3.54. The molecule has 0 aromatic heterocycles. The van der Waals surface area contributed by atoms with Crippen molar-refractivity contribution in [3.63, 3.8) is 0 Å². The SMILES string of the molecule is CCSCCCN[C@@H](C)c1ccccc1. The van der Waals surface area contributed by atoms with Crippen LogP contribution in [0.2, 0.25) is 0 Å². The van der Waals surface area contributed by atoms with Gasteiger partial charge in [-0.3, -0.25) is 0 Å². The molecule has 0 heterocycles. The fraction of sp³-hybridized carbons (Fsp3) is 0.538. The summed E-state index contributed by atoms with van der Waals surface area (Å²) in [7, 11) is 0. The highest BCUT2D eigenvalue weighted by Crippen LogP contribution is 2.11. The molecule has 0 bridgehead atoms. The number of hydrogen-bond acceptors (Lipinski definition) is 2. The smallest absolute Gasteiger partial charge is 0.0291 e. The van der Waals surface area contributed by atoms with E-state index in [1.165, 1.54) is 23.5 Å². The average molecular weight is 223 g/mol. The van der Waals surface area contributed by atoms with E-state index in [1.54, 1.807) is 0 Å². The Hall–Kier alpha value is -0.470. The van der Waals surface area contributed by atoms with Crippen LogP contribution in [0.1, 0.15) is 31.9 Å². The normalized spacial score (nSPS) is 12.7. The van der Waals surface area contributed by atoms with Crippen LogP contribution in [0.4, 0.5) is 0 Å². The first kappa shape index (κ1) is 12.6. The van der Waals surface area contributed by atoms with Crippen molar-refractivity contribution in [2.24, 2.45) is 0 Å². The number of hydrogen-bond donors (Lipinski definition) is 1. The molecule has 1 rings (SSSR count). The molecule has 0 unspecified atom stereocenters. The molecule has 0 aliphatic heterocycles. The molecule has 1 atom stereocenters. The van der Waals surface area contributed by atoms with Crippen LogP contribution in [-0.4, -0.2) is 18.1 Å². The van der Waals surface area contributed by atoms with E-state index in [9.17, 15) is 0 Å². The first-order valence-electron chi connectivity index (χ1n) is 5.70.